The van der Waals surface area contributed by atoms with E-state index in [0.29, 0.717) is 37.3 Å². The Balaban J connectivity index is 1.15. The summed E-state index contributed by atoms with van der Waals surface area (Å²) in [5.74, 6) is 3.87. The highest BCUT2D eigenvalue weighted by atomic mass is 16.5. The number of piperazine rings is 1. The molecular weight excluding hydrogens is 510 g/mol. The molecule has 0 unspecified atom stereocenters. The molecule has 0 saturated carbocycles. The second-order valence-electron chi connectivity index (χ2n) is 9.53. The number of anilines is 2. The van der Waals surface area contributed by atoms with Crippen LogP contribution in [0.25, 0.3) is 5.65 Å². The predicted molar refractivity (Wildman–Crippen MR) is 153 cm³/mol. The molecule has 11 heteroatoms. The van der Waals surface area contributed by atoms with Crippen molar-refractivity contribution < 1.29 is 19.0 Å². The number of amides is 1. The van der Waals surface area contributed by atoms with E-state index in [4.69, 9.17) is 19.3 Å². The topological polar surface area (TPSA) is 106 Å². The number of aromatic nitrogens is 4. The van der Waals surface area contributed by atoms with E-state index in [1.165, 1.54) is 0 Å². The fourth-order valence-electron chi connectivity index (χ4n) is 4.88. The van der Waals surface area contributed by atoms with Crippen molar-refractivity contribution in [1.82, 2.24) is 25.1 Å². The average Bonchev–Trinajstić information content (AvgIpc) is 3.42. The summed E-state index contributed by atoms with van der Waals surface area (Å²) < 4.78 is 17.8. The van der Waals surface area contributed by atoms with Gasteiger partial charge in [0.1, 0.15) is 23.1 Å². The summed E-state index contributed by atoms with van der Waals surface area (Å²) in [5.41, 5.74) is 2.80. The number of ether oxygens (including phenoxy) is 3. The van der Waals surface area contributed by atoms with Gasteiger partial charge < -0.3 is 29.3 Å². The molecular formula is C29H35N7O4. The first kappa shape index (κ1) is 27.0. The van der Waals surface area contributed by atoms with Crippen LogP contribution >= 0.6 is 0 Å². The number of benzene rings is 2. The number of carbonyl (C=O) groups is 1. The summed E-state index contributed by atoms with van der Waals surface area (Å²) in [6, 6.07) is 17.7. The third-order valence-electron chi connectivity index (χ3n) is 7.12. The normalized spacial score (nSPS) is 13.4. The monoisotopic (exact) mass is 545 g/mol. The zero-order valence-corrected chi connectivity index (χ0v) is 23.2. The standard InChI is InChI=1S/C29H35N7O4/c1-38-23-6-4-5-22(20-23)34-15-17-35(18-16-34)28-10-9-26-31-32-27(36(26)33-28)11-12-29(37)30-14-13-21-19-24(39-2)7-8-25(21)40-3/h4-10,19-20H,11-18H2,1-3H3,(H,30,37). The summed E-state index contributed by atoms with van der Waals surface area (Å²) in [4.78, 5) is 17.2. The van der Waals surface area contributed by atoms with Crippen LogP contribution in [0.3, 0.4) is 0 Å². The van der Waals surface area contributed by atoms with Crippen LogP contribution in [0.4, 0.5) is 11.5 Å². The molecule has 1 aliphatic rings. The molecule has 4 aromatic rings. The SMILES string of the molecule is COc1cccc(N2CCN(c3ccc4nnc(CCC(=O)NCCc5cc(OC)ccc5OC)n4n3)CC2)c1. The Morgan fingerprint density at radius 3 is 2.40 bits per heavy atom. The lowest BCUT2D eigenvalue weighted by Gasteiger charge is -2.36. The number of rotatable bonds is 11. The second kappa shape index (κ2) is 12.5. The van der Waals surface area contributed by atoms with Crippen molar-refractivity contribution in [2.75, 3.05) is 63.9 Å². The van der Waals surface area contributed by atoms with Crippen molar-refractivity contribution in [2.45, 2.75) is 19.3 Å². The maximum atomic E-state index is 12.6. The first-order valence-corrected chi connectivity index (χ1v) is 13.4. The van der Waals surface area contributed by atoms with Gasteiger partial charge in [0, 0.05) is 57.3 Å². The minimum absolute atomic E-state index is 0.0524. The Kier molecular flexibility index (Phi) is 8.48. The highest BCUT2D eigenvalue weighted by Gasteiger charge is 2.20. The molecule has 210 valence electrons. The van der Waals surface area contributed by atoms with Crippen molar-refractivity contribution >= 4 is 23.1 Å². The summed E-state index contributed by atoms with van der Waals surface area (Å²) in [6.07, 6.45) is 1.37. The van der Waals surface area contributed by atoms with Crippen LogP contribution < -0.4 is 29.3 Å². The van der Waals surface area contributed by atoms with Gasteiger partial charge in [-0.1, -0.05) is 6.07 Å². The number of nitrogens with zero attached hydrogens (tertiary/aromatic N) is 6. The van der Waals surface area contributed by atoms with Gasteiger partial charge in [0.2, 0.25) is 5.91 Å². The summed E-state index contributed by atoms with van der Waals surface area (Å²) >= 11 is 0. The van der Waals surface area contributed by atoms with Gasteiger partial charge in [-0.25, -0.2) is 0 Å². The van der Waals surface area contributed by atoms with E-state index in [2.05, 4.69) is 37.4 Å². The van der Waals surface area contributed by atoms with Crippen LogP contribution in [-0.4, -0.2) is 79.8 Å². The van der Waals surface area contributed by atoms with Gasteiger partial charge in [-0.15, -0.1) is 15.3 Å². The van der Waals surface area contributed by atoms with Gasteiger partial charge in [-0.3, -0.25) is 4.79 Å². The van der Waals surface area contributed by atoms with E-state index in [1.54, 1.807) is 25.8 Å². The lowest BCUT2D eigenvalue weighted by atomic mass is 10.1. The molecule has 3 heterocycles. The Labute approximate surface area is 233 Å². The highest BCUT2D eigenvalue weighted by molar-refractivity contribution is 5.76. The number of fused-ring (bicyclic) bond motifs is 1. The van der Waals surface area contributed by atoms with Crippen LogP contribution in [0.15, 0.2) is 54.6 Å². The van der Waals surface area contributed by atoms with E-state index in [1.807, 2.05) is 42.5 Å². The molecule has 1 saturated heterocycles. The van der Waals surface area contributed by atoms with Crippen molar-refractivity contribution in [3.05, 3.63) is 66.0 Å². The van der Waals surface area contributed by atoms with Crippen LogP contribution in [-0.2, 0) is 17.6 Å². The van der Waals surface area contributed by atoms with Crippen LogP contribution in [0.5, 0.6) is 17.2 Å². The van der Waals surface area contributed by atoms with Crippen LogP contribution in [0, 0.1) is 0 Å². The minimum Gasteiger partial charge on any atom is -0.497 e. The molecule has 5 rings (SSSR count). The maximum Gasteiger partial charge on any atom is 0.220 e. The molecule has 2 aromatic heterocycles. The lowest BCUT2D eigenvalue weighted by Crippen LogP contribution is -2.47. The van der Waals surface area contributed by atoms with Crippen LogP contribution in [0.1, 0.15) is 17.8 Å². The van der Waals surface area contributed by atoms with Crippen molar-refractivity contribution in [3.63, 3.8) is 0 Å². The van der Waals surface area contributed by atoms with Gasteiger partial charge in [0.05, 0.1) is 21.3 Å². The molecule has 0 radical (unpaired) electrons. The largest absolute Gasteiger partial charge is 0.497 e. The van der Waals surface area contributed by atoms with E-state index in [-0.39, 0.29) is 5.91 Å². The number of hydrogen-bond donors (Lipinski definition) is 1. The van der Waals surface area contributed by atoms with Gasteiger partial charge >= 0.3 is 0 Å². The molecule has 1 N–H and O–H groups in total. The zero-order valence-electron chi connectivity index (χ0n) is 23.2. The number of carbonyl (C=O) groups excluding carboxylic acids is 1. The summed E-state index contributed by atoms with van der Waals surface area (Å²) in [7, 11) is 4.95. The quantitative estimate of drug-likeness (QED) is 0.305. The average molecular weight is 546 g/mol. The molecule has 0 aliphatic carbocycles. The molecule has 1 aliphatic heterocycles. The molecule has 0 bridgehead atoms. The third kappa shape index (κ3) is 6.19. The van der Waals surface area contributed by atoms with Gasteiger partial charge in [-0.05, 0) is 54.4 Å². The maximum absolute atomic E-state index is 12.6. The molecule has 1 amide bonds. The van der Waals surface area contributed by atoms with Gasteiger partial charge in [0.15, 0.2) is 11.5 Å². The Morgan fingerprint density at radius 2 is 1.62 bits per heavy atom. The Hall–Kier alpha value is -4.54. The molecule has 0 atom stereocenters. The summed E-state index contributed by atoms with van der Waals surface area (Å²) in [5, 5.41) is 16.3. The van der Waals surface area contributed by atoms with Crippen molar-refractivity contribution in [2.24, 2.45) is 0 Å². The van der Waals surface area contributed by atoms with Gasteiger partial charge in [0.25, 0.3) is 0 Å². The first-order chi connectivity index (χ1) is 19.6. The number of hydrogen-bond acceptors (Lipinski definition) is 9. The fraction of sp³-hybridized carbons (Fsp3) is 0.379. The molecule has 2 aromatic carbocycles. The van der Waals surface area contributed by atoms with Crippen molar-refractivity contribution in [3.8, 4) is 17.2 Å². The molecule has 0 spiro atoms. The highest BCUT2D eigenvalue weighted by Crippen LogP contribution is 2.25. The van der Waals surface area contributed by atoms with E-state index >= 15 is 0 Å². The summed E-state index contributed by atoms with van der Waals surface area (Å²) in [6.45, 7) is 3.93. The molecule has 1 fully saturated rings. The Bertz CT molecular complexity index is 1450. The third-order valence-corrected chi connectivity index (χ3v) is 7.12. The van der Waals surface area contributed by atoms with Gasteiger partial charge in [-0.2, -0.15) is 4.52 Å². The number of aryl methyl sites for hydroxylation is 1. The molecule has 11 nitrogen and oxygen atoms in total. The second-order valence-corrected chi connectivity index (χ2v) is 9.53. The number of nitrogens with one attached hydrogen (secondary N) is 1. The zero-order chi connectivity index (χ0) is 27.9. The number of methoxy groups -OCH3 is 3. The minimum atomic E-state index is -0.0524. The first-order valence-electron chi connectivity index (χ1n) is 13.4. The molecule has 40 heavy (non-hydrogen) atoms. The predicted octanol–water partition coefficient (Wildman–Crippen LogP) is 2.77. The van der Waals surface area contributed by atoms with E-state index in [9.17, 15) is 4.79 Å². The lowest BCUT2D eigenvalue weighted by molar-refractivity contribution is -0.121. The van der Waals surface area contributed by atoms with E-state index < -0.39 is 0 Å². The van der Waals surface area contributed by atoms with Crippen molar-refractivity contribution in [1.29, 1.82) is 0 Å². The smallest absolute Gasteiger partial charge is 0.220 e. The van der Waals surface area contributed by atoms with E-state index in [0.717, 1.165) is 60.5 Å². The fourth-order valence-corrected chi connectivity index (χ4v) is 4.88. The van der Waals surface area contributed by atoms with Crippen LogP contribution in [0.2, 0.25) is 0 Å². The Morgan fingerprint density at radius 1 is 0.850 bits per heavy atom.